The number of hydrogen-bond donors (Lipinski definition) is 0. The number of halogens is 2. The molecule has 72 valence electrons. The van der Waals surface area contributed by atoms with Gasteiger partial charge in [-0.3, -0.25) is 0 Å². The summed E-state index contributed by atoms with van der Waals surface area (Å²) in [5, 5.41) is 0. The van der Waals surface area contributed by atoms with Crippen LogP contribution in [0.15, 0.2) is 0 Å². The molecular formula is C10H9B3F2. The number of rotatable bonds is 0. The summed E-state index contributed by atoms with van der Waals surface area (Å²) < 4.78 is 26.9. The molecule has 0 atom stereocenters. The summed E-state index contributed by atoms with van der Waals surface area (Å²) in [7, 11) is 16.4. The molecule has 1 aromatic carbocycles. The summed E-state index contributed by atoms with van der Waals surface area (Å²) in [6.07, 6.45) is 0. The molecule has 0 unspecified atom stereocenters. The van der Waals surface area contributed by atoms with Gasteiger partial charge >= 0.3 is 0 Å². The molecule has 0 heterocycles. The fraction of sp³-hybridized carbons (Fsp3) is 0.400. The molecule has 0 aliphatic carbocycles. The van der Waals surface area contributed by atoms with Crippen molar-refractivity contribution in [1.82, 2.24) is 0 Å². The van der Waals surface area contributed by atoms with E-state index < -0.39 is 22.5 Å². The Hall–Kier alpha value is -0.725. The molecule has 0 nitrogen and oxygen atoms in total. The highest BCUT2D eigenvalue weighted by Gasteiger charge is 2.25. The summed E-state index contributed by atoms with van der Waals surface area (Å²) in [4.78, 5) is 0. The van der Waals surface area contributed by atoms with Crippen molar-refractivity contribution >= 4 is 39.9 Å². The number of hydrogen-bond acceptors (Lipinski definition) is 0. The van der Waals surface area contributed by atoms with Crippen LogP contribution in [-0.4, -0.2) is 23.5 Å². The van der Waals surface area contributed by atoms with Gasteiger partial charge in [0.2, 0.25) is 0 Å². The van der Waals surface area contributed by atoms with Crippen LogP contribution in [0.25, 0.3) is 0 Å². The summed E-state index contributed by atoms with van der Waals surface area (Å²) in [5.41, 5.74) is -1.08. The van der Waals surface area contributed by atoms with Crippen LogP contribution in [0.1, 0.15) is 26.3 Å². The van der Waals surface area contributed by atoms with Crippen molar-refractivity contribution in [3.63, 3.8) is 0 Å². The van der Waals surface area contributed by atoms with Gasteiger partial charge in [-0.15, -0.1) is 5.46 Å². The minimum absolute atomic E-state index is 0.0129. The molecule has 0 aromatic heterocycles. The first-order valence-electron chi connectivity index (χ1n) is 4.49. The smallest absolute Gasteiger partial charge is 0.161 e. The first-order valence-corrected chi connectivity index (χ1v) is 4.49. The normalized spacial score (nSPS) is 11.8. The second-order valence-electron chi connectivity index (χ2n) is 4.49. The van der Waals surface area contributed by atoms with Crippen molar-refractivity contribution < 1.29 is 8.78 Å². The van der Waals surface area contributed by atoms with Gasteiger partial charge in [0.05, 0.1) is 0 Å². The highest BCUT2D eigenvalue weighted by Crippen LogP contribution is 2.23. The zero-order chi connectivity index (χ0) is 12.0. The van der Waals surface area contributed by atoms with Gasteiger partial charge in [0, 0.05) is 0 Å². The van der Waals surface area contributed by atoms with Gasteiger partial charge in [0.25, 0.3) is 0 Å². The summed E-state index contributed by atoms with van der Waals surface area (Å²) in [6, 6.07) is 0. The Morgan fingerprint density at radius 1 is 0.800 bits per heavy atom. The van der Waals surface area contributed by atoms with E-state index in [4.69, 9.17) is 23.5 Å². The summed E-state index contributed by atoms with van der Waals surface area (Å²) in [5.74, 6) is -2.15. The molecule has 1 rings (SSSR count). The molecule has 15 heavy (non-hydrogen) atoms. The highest BCUT2D eigenvalue weighted by atomic mass is 19.2. The topological polar surface area (TPSA) is 0 Å². The van der Waals surface area contributed by atoms with Crippen molar-refractivity contribution in [2.45, 2.75) is 26.2 Å². The first kappa shape index (κ1) is 12.3. The van der Waals surface area contributed by atoms with Gasteiger partial charge in [-0.1, -0.05) is 31.7 Å². The Morgan fingerprint density at radius 3 is 1.67 bits per heavy atom. The third-order valence-corrected chi connectivity index (χ3v) is 2.25. The van der Waals surface area contributed by atoms with E-state index in [-0.39, 0.29) is 16.5 Å². The zero-order valence-corrected chi connectivity index (χ0v) is 8.99. The van der Waals surface area contributed by atoms with Crippen molar-refractivity contribution in [3.05, 3.63) is 17.2 Å². The quantitative estimate of drug-likeness (QED) is 0.501. The number of benzene rings is 1. The first-order chi connectivity index (χ1) is 6.68. The molecule has 0 N–H and O–H groups in total. The van der Waals surface area contributed by atoms with Crippen LogP contribution in [0.5, 0.6) is 0 Å². The Kier molecular flexibility index (Phi) is 3.04. The van der Waals surface area contributed by atoms with Crippen LogP contribution < -0.4 is 16.4 Å². The monoisotopic (exact) mass is 200 g/mol. The Morgan fingerprint density at radius 2 is 1.27 bits per heavy atom. The maximum atomic E-state index is 13.6. The van der Waals surface area contributed by atoms with Crippen LogP contribution in [0.2, 0.25) is 0 Å². The van der Waals surface area contributed by atoms with E-state index in [1.165, 1.54) is 0 Å². The van der Waals surface area contributed by atoms with Crippen LogP contribution >= 0.6 is 0 Å². The molecule has 0 spiro atoms. The van der Waals surface area contributed by atoms with Gasteiger partial charge in [0.1, 0.15) is 23.5 Å². The fourth-order valence-electron chi connectivity index (χ4n) is 1.48. The second-order valence-corrected chi connectivity index (χ2v) is 4.49. The van der Waals surface area contributed by atoms with E-state index in [0.29, 0.717) is 0 Å². The van der Waals surface area contributed by atoms with Crippen molar-refractivity contribution in [2.75, 3.05) is 0 Å². The van der Waals surface area contributed by atoms with E-state index in [9.17, 15) is 8.78 Å². The van der Waals surface area contributed by atoms with Crippen LogP contribution in [0.4, 0.5) is 8.78 Å². The molecule has 6 radical (unpaired) electrons. The predicted octanol–water partition coefficient (Wildman–Crippen LogP) is -0.356. The van der Waals surface area contributed by atoms with Crippen molar-refractivity contribution in [3.8, 4) is 0 Å². The lowest BCUT2D eigenvalue weighted by molar-refractivity contribution is 0.472. The van der Waals surface area contributed by atoms with Crippen LogP contribution in [-0.2, 0) is 5.41 Å². The van der Waals surface area contributed by atoms with E-state index in [1.54, 1.807) is 20.8 Å². The van der Waals surface area contributed by atoms with Crippen LogP contribution in [0, 0.1) is 11.6 Å². The zero-order valence-electron chi connectivity index (χ0n) is 8.99. The standard InChI is InChI=1S/C10H9B3F2/c1-10(2,3)4-5(11)6(12)7(13)9(15)8(4)14/h1-3H3. The lowest BCUT2D eigenvalue weighted by Crippen LogP contribution is -2.46. The molecule has 0 saturated heterocycles. The maximum Gasteiger partial charge on any atom is 0.161 e. The largest absolute Gasteiger partial charge is 0.204 e. The maximum absolute atomic E-state index is 13.6. The minimum Gasteiger partial charge on any atom is -0.204 e. The average Bonchev–Trinajstić information content (AvgIpc) is 2.09. The van der Waals surface area contributed by atoms with Gasteiger partial charge in [0.15, 0.2) is 11.6 Å². The average molecular weight is 200 g/mol. The Labute approximate surface area is 92.7 Å². The third kappa shape index (κ3) is 1.97. The second kappa shape index (κ2) is 3.69. The lowest BCUT2D eigenvalue weighted by atomic mass is 9.66. The minimum atomic E-state index is -1.13. The van der Waals surface area contributed by atoms with E-state index >= 15 is 0 Å². The van der Waals surface area contributed by atoms with Gasteiger partial charge in [-0.25, -0.2) is 8.78 Å². The molecule has 0 amide bonds. The molecule has 0 fully saturated rings. The van der Waals surface area contributed by atoms with E-state index in [1.807, 2.05) is 0 Å². The highest BCUT2D eigenvalue weighted by molar-refractivity contribution is 6.57. The molecule has 0 bridgehead atoms. The molecule has 1 aromatic rings. The summed E-state index contributed by atoms with van der Waals surface area (Å²) in [6.45, 7) is 5.16. The molecule has 0 aliphatic rings. The molecule has 0 aliphatic heterocycles. The molecular weight excluding hydrogens is 191 g/mol. The van der Waals surface area contributed by atoms with Gasteiger partial charge in [-0.05, 0) is 11.0 Å². The van der Waals surface area contributed by atoms with Crippen molar-refractivity contribution in [2.24, 2.45) is 0 Å². The van der Waals surface area contributed by atoms with E-state index in [2.05, 4.69) is 0 Å². The van der Waals surface area contributed by atoms with Crippen LogP contribution in [0.3, 0.4) is 0 Å². The summed E-state index contributed by atoms with van der Waals surface area (Å²) >= 11 is 0. The third-order valence-electron chi connectivity index (χ3n) is 2.25. The van der Waals surface area contributed by atoms with Crippen molar-refractivity contribution in [1.29, 1.82) is 0 Å². The van der Waals surface area contributed by atoms with Gasteiger partial charge in [-0.2, -0.15) is 0 Å². The molecule has 5 heteroatoms. The fourth-order valence-corrected chi connectivity index (χ4v) is 1.48. The van der Waals surface area contributed by atoms with Gasteiger partial charge < -0.3 is 0 Å². The Balaban J connectivity index is 3.68. The van der Waals surface area contributed by atoms with E-state index in [0.717, 1.165) is 0 Å². The Bertz CT molecular complexity index is 379. The molecule has 0 saturated carbocycles. The predicted molar refractivity (Wildman–Crippen MR) is 61.2 cm³/mol. The SMILES string of the molecule is [B]c1c([B])c(F)c(F)c(C(C)(C)C)c1[B]. The lowest BCUT2D eigenvalue weighted by Gasteiger charge is -2.26.